The van der Waals surface area contributed by atoms with Gasteiger partial charge >= 0.3 is 11.9 Å². The maximum Gasteiger partial charge on any atom is 0.306 e. The number of carbonyl (C=O) groups is 2. The number of allylic oxidation sites excluding steroid dienone is 22. The average molecular weight is 968 g/mol. The van der Waals surface area contributed by atoms with E-state index in [2.05, 4.69) is 148 Å². The van der Waals surface area contributed by atoms with Crippen molar-refractivity contribution in [3.8, 4) is 0 Å². The van der Waals surface area contributed by atoms with Crippen molar-refractivity contribution in [1.29, 1.82) is 0 Å². The Hall–Kier alpha value is -3.96. The molecule has 0 aliphatic rings. The molecule has 5 nitrogen and oxygen atoms in total. The standard InChI is InChI=1S/C65H106O5/c1-3-5-7-9-11-13-15-17-19-21-23-25-27-29-30-31-32-33-34-36-38-40-42-44-46-48-50-52-54-56-58-60-65(68)70-63(61-66)62-69-64(67)59-57-55-53-51-49-47-45-43-41-39-37-35-28-26-24-22-20-18-16-14-12-10-8-6-4-2/h5-8,11-14,17-20,23-26,29-30,32-33,36,38,63,66H,3-4,9-10,15-16,21-22,27-28,31,34-35,37,39-62H2,1-2H3/b7-5-,8-6-,13-11-,14-12-,19-17-,20-18-,25-23-,26-24-,30-29-,33-32-,38-36-. The van der Waals surface area contributed by atoms with E-state index >= 15 is 0 Å². The summed E-state index contributed by atoms with van der Waals surface area (Å²) in [5.74, 6) is -0.604. The summed E-state index contributed by atoms with van der Waals surface area (Å²) in [5, 5.41) is 9.66. The average Bonchev–Trinajstić information content (AvgIpc) is 3.36. The maximum atomic E-state index is 12.3. The molecule has 0 bridgehead atoms. The zero-order valence-electron chi connectivity index (χ0n) is 45.2. The minimum Gasteiger partial charge on any atom is -0.462 e. The third kappa shape index (κ3) is 56.6. The van der Waals surface area contributed by atoms with E-state index in [1.165, 1.54) is 103 Å². The number of aliphatic hydroxyl groups is 1. The molecule has 0 aromatic heterocycles. The van der Waals surface area contributed by atoms with E-state index in [1.807, 2.05) is 0 Å². The highest BCUT2D eigenvalue weighted by atomic mass is 16.6. The number of carbonyl (C=O) groups excluding carboxylic acids is 2. The molecule has 0 radical (unpaired) electrons. The van der Waals surface area contributed by atoms with Crippen molar-refractivity contribution >= 4 is 11.9 Å². The summed E-state index contributed by atoms with van der Waals surface area (Å²) in [6.45, 7) is 3.91. The number of unbranched alkanes of at least 4 members (excludes halogenated alkanes) is 21. The fourth-order valence-corrected chi connectivity index (χ4v) is 7.70. The van der Waals surface area contributed by atoms with Crippen LogP contribution in [0.15, 0.2) is 134 Å². The lowest BCUT2D eigenvalue weighted by Crippen LogP contribution is -2.28. The number of ether oxygens (including phenoxy) is 2. The van der Waals surface area contributed by atoms with Gasteiger partial charge in [-0.3, -0.25) is 9.59 Å². The van der Waals surface area contributed by atoms with Crippen molar-refractivity contribution in [1.82, 2.24) is 0 Å². The summed E-state index contributed by atoms with van der Waals surface area (Å²) in [4.78, 5) is 24.6. The van der Waals surface area contributed by atoms with Gasteiger partial charge in [-0.2, -0.15) is 0 Å². The number of hydrogen-bond donors (Lipinski definition) is 1. The van der Waals surface area contributed by atoms with Crippen LogP contribution in [0, 0.1) is 0 Å². The highest BCUT2D eigenvalue weighted by Gasteiger charge is 2.16. The number of hydrogen-bond acceptors (Lipinski definition) is 5. The molecule has 5 heteroatoms. The molecule has 1 N–H and O–H groups in total. The summed E-state index contributed by atoms with van der Waals surface area (Å²) >= 11 is 0. The van der Waals surface area contributed by atoms with Gasteiger partial charge in [0, 0.05) is 12.8 Å². The monoisotopic (exact) mass is 967 g/mol. The molecule has 0 saturated heterocycles. The van der Waals surface area contributed by atoms with Crippen LogP contribution in [0.4, 0.5) is 0 Å². The lowest BCUT2D eigenvalue weighted by Gasteiger charge is -2.15. The Morgan fingerprint density at radius 3 is 0.857 bits per heavy atom. The van der Waals surface area contributed by atoms with Crippen LogP contribution in [0.1, 0.15) is 245 Å². The molecular weight excluding hydrogens is 861 g/mol. The van der Waals surface area contributed by atoms with Crippen LogP contribution in [-0.4, -0.2) is 36.4 Å². The molecule has 1 unspecified atom stereocenters. The second-order valence-corrected chi connectivity index (χ2v) is 18.6. The van der Waals surface area contributed by atoms with Crippen molar-refractivity contribution in [2.24, 2.45) is 0 Å². The molecule has 0 rings (SSSR count). The molecular formula is C65H106O5. The largest absolute Gasteiger partial charge is 0.462 e. The first-order valence-corrected chi connectivity index (χ1v) is 28.7. The smallest absolute Gasteiger partial charge is 0.306 e. The number of rotatable bonds is 51. The predicted octanol–water partition coefficient (Wildman–Crippen LogP) is 19.6. The van der Waals surface area contributed by atoms with Crippen LogP contribution >= 0.6 is 0 Å². The summed E-state index contributed by atoms with van der Waals surface area (Å²) in [6, 6.07) is 0. The second-order valence-electron chi connectivity index (χ2n) is 18.6. The Kier molecular flexibility index (Phi) is 56.0. The minimum atomic E-state index is -0.786. The first kappa shape index (κ1) is 66.0. The van der Waals surface area contributed by atoms with E-state index in [0.29, 0.717) is 12.8 Å². The molecule has 0 fully saturated rings. The van der Waals surface area contributed by atoms with Gasteiger partial charge in [-0.25, -0.2) is 0 Å². The SMILES string of the molecule is CC/C=C\C/C=C\C/C=C\C/C=C\C/C=C\C/C=C\C/C=C\CCCCCCCCCCCC(=O)OC(CO)COC(=O)CCCCCCCCCCCCCC/C=C\C/C=C\C/C=C\C/C=C\CC. The molecule has 0 aliphatic carbocycles. The zero-order valence-corrected chi connectivity index (χ0v) is 45.2. The van der Waals surface area contributed by atoms with Crippen LogP contribution in [0.25, 0.3) is 0 Å². The lowest BCUT2D eigenvalue weighted by atomic mass is 10.0. The topological polar surface area (TPSA) is 72.8 Å². The molecule has 0 heterocycles. The van der Waals surface area contributed by atoms with Gasteiger partial charge in [-0.1, -0.05) is 257 Å². The third-order valence-corrected chi connectivity index (χ3v) is 11.9. The van der Waals surface area contributed by atoms with Gasteiger partial charge in [0.15, 0.2) is 6.10 Å². The van der Waals surface area contributed by atoms with Crippen LogP contribution in [0.2, 0.25) is 0 Å². The fraction of sp³-hybridized carbons (Fsp3) is 0.631. The van der Waals surface area contributed by atoms with Crippen molar-refractivity contribution in [3.63, 3.8) is 0 Å². The Morgan fingerprint density at radius 1 is 0.329 bits per heavy atom. The van der Waals surface area contributed by atoms with Crippen LogP contribution in [0.3, 0.4) is 0 Å². The van der Waals surface area contributed by atoms with E-state index in [9.17, 15) is 14.7 Å². The predicted molar refractivity (Wildman–Crippen MR) is 306 cm³/mol. The van der Waals surface area contributed by atoms with Gasteiger partial charge in [0.2, 0.25) is 0 Å². The fourth-order valence-electron chi connectivity index (χ4n) is 7.70. The molecule has 1 atom stereocenters. The van der Waals surface area contributed by atoms with Crippen LogP contribution < -0.4 is 0 Å². The molecule has 396 valence electrons. The number of esters is 2. The maximum absolute atomic E-state index is 12.3. The van der Waals surface area contributed by atoms with Crippen LogP contribution in [0.5, 0.6) is 0 Å². The molecule has 0 aliphatic heterocycles. The lowest BCUT2D eigenvalue weighted by molar-refractivity contribution is -0.161. The van der Waals surface area contributed by atoms with Gasteiger partial charge in [0.05, 0.1) is 6.61 Å². The van der Waals surface area contributed by atoms with Gasteiger partial charge < -0.3 is 14.6 Å². The Morgan fingerprint density at radius 2 is 0.571 bits per heavy atom. The van der Waals surface area contributed by atoms with E-state index in [-0.39, 0.29) is 25.2 Å². The van der Waals surface area contributed by atoms with Gasteiger partial charge in [-0.05, 0) is 109 Å². The Bertz CT molecular complexity index is 1470. The van der Waals surface area contributed by atoms with Gasteiger partial charge in [-0.15, -0.1) is 0 Å². The molecule has 0 spiro atoms. The molecule has 0 aromatic rings. The summed E-state index contributed by atoms with van der Waals surface area (Å²) in [6.07, 6.45) is 88.4. The van der Waals surface area contributed by atoms with Crippen LogP contribution in [-0.2, 0) is 19.1 Å². The van der Waals surface area contributed by atoms with Crippen molar-refractivity contribution in [2.45, 2.75) is 251 Å². The second kappa shape index (κ2) is 59.3. The van der Waals surface area contributed by atoms with E-state index in [0.717, 1.165) is 116 Å². The Balaban J connectivity index is 3.56. The quantitative estimate of drug-likeness (QED) is 0.0374. The van der Waals surface area contributed by atoms with Crippen molar-refractivity contribution in [3.05, 3.63) is 134 Å². The third-order valence-electron chi connectivity index (χ3n) is 11.9. The number of aliphatic hydroxyl groups excluding tert-OH is 1. The van der Waals surface area contributed by atoms with E-state index in [1.54, 1.807) is 0 Å². The molecule has 0 amide bonds. The highest BCUT2D eigenvalue weighted by molar-refractivity contribution is 5.70. The molecule has 0 aromatic carbocycles. The van der Waals surface area contributed by atoms with Gasteiger partial charge in [0.25, 0.3) is 0 Å². The van der Waals surface area contributed by atoms with Crippen molar-refractivity contribution in [2.75, 3.05) is 13.2 Å². The molecule has 70 heavy (non-hydrogen) atoms. The van der Waals surface area contributed by atoms with Gasteiger partial charge in [0.1, 0.15) is 6.61 Å². The van der Waals surface area contributed by atoms with E-state index in [4.69, 9.17) is 9.47 Å². The molecule has 0 saturated carbocycles. The normalized spacial score (nSPS) is 13.2. The summed E-state index contributed by atoms with van der Waals surface area (Å²) in [7, 11) is 0. The van der Waals surface area contributed by atoms with E-state index < -0.39 is 6.10 Å². The first-order chi connectivity index (χ1) is 34.6. The highest BCUT2D eigenvalue weighted by Crippen LogP contribution is 2.15. The zero-order chi connectivity index (χ0) is 50.6. The Labute approximate surface area is 432 Å². The summed E-state index contributed by atoms with van der Waals surface area (Å²) in [5.41, 5.74) is 0. The first-order valence-electron chi connectivity index (χ1n) is 28.7. The summed E-state index contributed by atoms with van der Waals surface area (Å²) < 4.78 is 10.7. The minimum absolute atomic E-state index is 0.0764. The van der Waals surface area contributed by atoms with Crippen molar-refractivity contribution < 1.29 is 24.2 Å².